The number of imide groups is 1. The van der Waals surface area contributed by atoms with Crippen LogP contribution in [-0.2, 0) is 9.59 Å². The third-order valence-corrected chi connectivity index (χ3v) is 5.42. The normalized spacial score (nSPS) is 26.7. The van der Waals surface area contributed by atoms with Crippen molar-refractivity contribution in [2.75, 3.05) is 6.54 Å². The molecule has 26 heavy (non-hydrogen) atoms. The molecule has 7 heteroatoms. The van der Waals surface area contributed by atoms with Gasteiger partial charge in [-0.25, -0.2) is 9.18 Å². The average Bonchev–Trinajstić information content (AvgIpc) is 2.82. The molecule has 1 aliphatic carbocycles. The first-order valence-corrected chi connectivity index (χ1v) is 9.00. The van der Waals surface area contributed by atoms with Crippen molar-refractivity contribution >= 4 is 17.8 Å². The molecule has 1 saturated heterocycles. The summed E-state index contributed by atoms with van der Waals surface area (Å²) in [5.74, 6) is -0.538. The lowest BCUT2D eigenvalue weighted by molar-refractivity contribution is -0.136. The second-order valence-corrected chi connectivity index (χ2v) is 7.43. The lowest BCUT2D eigenvalue weighted by Crippen LogP contribution is -2.50. The van der Waals surface area contributed by atoms with Crippen LogP contribution in [0.5, 0.6) is 0 Å². The molecule has 1 saturated carbocycles. The Bertz CT molecular complexity index is 711. The summed E-state index contributed by atoms with van der Waals surface area (Å²) in [6.45, 7) is 3.59. The van der Waals surface area contributed by atoms with Crippen LogP contribution in [0, 0.1) is 11.7 Å². The van der Waals surface area contributed by atoms with Crippen molar-refractivity contribution < 1.29 is 18.8 Å². The number of nitrogens with one attached hydrogen (secondary N) is 2. The number of carbonyl (C=O) groups is 3. The third kappa shape index (κ3) is 3.57. The molecule has 0 bridgehead atoms. The van der Waals surface area contributed by atoms with Crippen molar-refractivity contribution in [3.63, 3.8) is 0 Å². The summed E-state index contributed by atoms with van der Waals surface area (Å²) in [5.41, 5.74) is -0.0957. The molecule has 3 rings (SSSR count). The molecule has 4 amide bonds. The van der Waals surface area contributed by atoms with Gasteiger partial charge >= 0.3 is 6.03 Å². The zero-order chi connectivity index (χ0) is 18.9. The maximum atomic E-state index is 13.0. The Balaban J connectivity index is 1.61. The molecule has 6 nitrogen and oxygen atoms in total. The molecule has 1 aromatic carbocycles. The summed E-state index contributed by atoms with van der Waals surface area (Å²) < 4.78 is 13.0. The predicted molar refractivity (Wildman–Crippen MR) is 93.6 cm³/mol. The molecular formula is C19H24FN3O3. The lowest BCUT2D eigenvalue weighted by Gasteiger charge is -2.33. The van der Waals surface area contributed by atoms with E-state index in [1.165, 1.54) is 12.1 Å². The number of carbonyl (C=O) groups excluding carboxylic acids is 3. The molecule has 2 fully saturated rings. The molecule has 1 aromatic rings. The smallest absolute Gasteiger partial charge is 0.325 e. The molecule has 1 spiro atoms. The largest absolute Gasteiger partial charge is 0.348 e. The van der Waals surface area contributed by atoms with Crippen LogP contribution in [-0.4, -0.2) is 34.8 Å². The summed E-state index contributed by atoms with van der Waals surface area (Å²) in [6, 6.07) is 4.97. The number of benzene rings is 1. The van der Waals surface area contributed by atoms with Crippen molar-refractivity contribution in [1.29, 1.82) is 0 Å². The summed E-state index contributed by atoms with van der Waals surface area (Å²) in [4.78, 5) is 38.3. The highest BCUT2D eigenvalue weighted by molar-refractivity contribution is 6.09. The summed E-state index contributed by atoms with van der Waals surface area (Å²) in [5, 5.41) is 5.55. The first kappa shape index (κ1) is 18.4. The number of nitrogens with zero attached hydrogens (tertiary/aromatic N) is 1. The average molecular weight is 361 g/mol. The molecule has 2 N–H and O–H groups in total. The van der Waals surface area contributed by atoms with Crippen LogP contribution in [0.25, 0.3) is 0 Å². The summed E-state index contributed by atoms with van der Waals surface area (Å²) in [7, 11) is 0. The van der Waals surface area contributed by atoms with Gasteiger partial charge in [-0.3, -0.25) is 14.5 Å². The molecule has 0 radical (unpaired) electrons. The molecule has 1 unspecified atom stereocenters. The van der Waals surface area contributed by atoms with E-state index in [0.717, 1.165) is 23.3 Å². The van der Waals surface area contributed by atoms with E-state index in [2.05, 4.69) is 17.6 Å². The van der Waals surface area contributed by atoms with Gasteiger partial charge in [0.25, 0.3) is 5.91 Å². The van der Waals surface area contributed by atoms with Crippen molar-refractivity contribution in [2.24, 2.45) is 5.92 Å². The summed E-state index contributed by atoms with van der Waals surface area (Å²) in [6.07, 6.45) is 2.99. The van der Waals surface area contributed by atoms with Crippen LogP contribution in [0.15, 0.2) is 24.3 Å². The fraction of sp³-hybridized carbons (Fsp3) is 0.526. The van der Waals surface area contributed by atoms with E-state index in [-0.39, 0.29) is 24.3 Å². The second-order valence-electron chi connectivity index (χ2n) is 7.43. The van der Waals surface area contributed by atoms with Crippen LogP contribution in [0.4, 0.5) is 9.18 Å². The van der Waals surface area contributed by atoms with Gasteiger partial charge in [0.2, 0.25) is 5.91 Å². The van der Waals surface area contributed by atoms with Crippen molar-refractivity contribution in [3.05, 3.63) is 35.6 Å². The Morgan fingerprint density at radius 3 is 2.54 bits per heavy atom. The van der Waals surface area contributed by atoms with Gasteiger partial charge in [-0.2, -0.15) is 0 Å². The highest BCUT2D eigenvalue weighted by Gasteiger charge is 2.52. The Morgan fingerprint density at radius 1 is 1.31 bits per heavy atom. The van der Waals surface area contributed by atoms with Crippen LogP contribution < -0.4 is 10.6 Å². The third-order valence-electron chi connectivity index (χ3n) is 5.42. The second kappa shape index (κ2) is 7.05. The number of urea groups is 1. The first-order valence-electron chi connectivity index (χ1n) is 9.00. The Kier molecular flexibility index (Phi) is 4.98. The molecule has 2 aliphatic rings. The minimum Gasteiger partial charge on any atom is -0.348 e. The van der Waals surface area contributed by atoms with Crippen LogP contribution in [0.2, 0.25) is 0 Å². The minimum absolute atomic E-state index is 0.306. The quantitative estimate of drug-likeness (QED) is 0.809. The van der Waals surface area contributed by atoms with Crippen molar-refractivity contribution in [2.45, 2.75) is 51.1 Å². The van der Waals surface area contributed by atoms with Gasteiger partial charge in [0.15, 0.2) is 0 Å². The van der Waals surface area contributed by atoms with Crippen molar-refractivity contribution in [3.8, 4) is 0 Å². The lowest BCUT2D eigenvalue weighted by atomic mass is 9.77. The number of hydrogen-bond acceptors (Lipinski definition) is 3. The zero-order valence-electron chi connectivity index (χ0n) is 15.0. The topological polar surface area (TPSA) is 78.5 Å². The number of hydrogen-bond donors (Lipinski definition) is 2. The maximum Gasteiger partial charge on any atom is 0.325 e. The van der Waals surface area contributed by atoms with E-state index < -0.39 is 17.5 Å². The Labute approximate surface area is 152 Å². The van der Waals surface area contributed by atoms with E-state index in [0.29, 0.717) is 18.8 Å². The van der Waals surface area contributed by atoms with Gasteiger partial charge in [-0.15, -0.1) is 0 Å². The van der Waals surface area contributed by atoms with Gasteiger partial charge in [0.1, 0.15) is 17.9 Å². The summed E-state index contributed by atoms with van der Waals surface area (Å²) >= 11 is 0. The standard InChI is InChI=1S/C19H24FN3O3/c1-12-7-9-19(10-8-12)17(25)23(18(26)22-19)11-16(24)21-13(2)14-3-5-15(20)6-4-14/h3-6,12-13H,7-11H2,1-2H3,(H,21,24)(H,22,26). The number of amides is 4. The van der Waals surface area contributed by atoms with E-state index in [1.807, 2.05) is 0 Å². The fourth-order valence-electron chi connectivity index (χ4n) is 3.68. The SMILES string of the molecule is CC1CCC2(CC1)NC(=O)N(CC(=O)NC(C)c1ccc(F)cc1)C2=O. The van der Waals surface area contributed by atoms with Crippen LogP contribution >= 0.6 is 0 Å². The molecule has 1 aliphatic heterocycles. The molecular weight excluding hydrogens is 337 g/mol. The van der Waals surface area contributed by atoms with E-state index in [4.69, 9.17) is 0 Å². The number of rotatable bonds is 4. The van der Waals surface area contributed by atoms with Gasteiger partial charge < -0.3 is 10.6 Å². The molecule has 0 aromatic heterocycles. The van der Waals surface area contributed by atoms with E-state index >= 15 is 0 Å². The Morgan fingerprint density at radius 2 is 1.92 bits per heavy atom. The van der Waals surface area contributed by atoms with Crippen molar-refractivity contribution in [1.82, 2.24) is 15.5 Å². The first-order chi connectivity index (χ1) is 12.3. The highest BCUT2D eigenvalue weighted by atomic mass is 19.1. The van der Waals surface area contributed by atoms with Crippen LogP contribution in [0.3, 0.4) is 0 Å². The van der Waals surface area contributed by atoms with Gasteiger partial charge in [-0.1, -0.05) is 19.1 Å². The molecule has 1 heterocycles. The minimum atomic E-state index is -0.841. The van der Waals surface area contributed by atoms with Crippen LogP contribution in [0.1, 0.15) is 51.1 Å². The van der Waals surface area contributed by atoms with Gasteiger partial charge in [0, 0.05) is 0 Å². The monoisotopic (exact) mass is 361 g/mol. The molecule has 140 valence electrons. The Hall–Kier alpha value is -2.44. The van der Waals surface area contributed by atoms with E-state index in [9.17, 15) is 18.8 Å². The number of halogens is 1. The van der Waals surface area contributed by atoms with Gasteiger partial charge in [-0.05, 0) is 56.2 Å². The zero-order valence-corrected chi connectivity index (χ0v) is 15.0. The fourth-order valence-corrected chi connectivity index (χ4v) is 3.68. The maximum absolute atomic E-state index is 13.0. The molecule has 1 atom stereocenters. The van der Waals surface area contributed by atoms with Gasteiger partial charge in [0.05, 0.1) is 6.04 Å². The predicted octanol–water partition coefficient (Wildman–Crippen LogP) is 2.50. The van der Waals surface area contributed by atoms with E-state index in [1.54, 1.807) is 19.1 Å². The highest BCUT2D eigenvalue weighted by Crippen LogP contribution is 2.36.